The minimum Gasteiger partial charge on any atom is -0.487 e. The summed E-state index contributed by atoms with van der Waals surface area (Å²) in [6, 6.07) is 13.7. The molecule has 162 valence electrons. The Morgan fingerprint density at radius 2 is 1.90 bits per heavy atom. The SMILES string of the molecule is CC(C)[C@]12CC[C@](C)(O1)[C@H](Oc1cccc(Cl)c1CNS(=O)(=O)c1ccccc1)C2. The molecule has 2 heterocycles. The predicted molar refractivity (Wildman–Crippen MR) is 117 cm³/mol. The summed E-state index contributed by atoms with van der Waals surface area (Å²) in [4.78, 5) is 0.215. The van der Waals surface area contributed by atoms with Gasteiger partial charge < -0.3 is 9.47 Å². The van der Waals surface area contributed by atoms with E-state index in [4.69, 9.17) is 21.1 Å². The highest BCUT2D eigenvalue weighted by Crippen LogP contribution is 2.55. The van der Waals surface area contributed by atoms with Crippen LogP contribution in [0, 0.1) is 5.92 Å². The van der Waals surface area contributed by atoms with Crippen molar-refractivity contribution in [3.63, 3.8) is 0 Å². The third kappa shape index (κ3) is 3.86. The van der Waals surface area contributed by atoms with E-state index in [2.05, 4.69) is 25.5 Å². The number of fused-ring (bicyclic) bond motifs is 2. The van der Waals surface area contributed by atoms with Crippen LogP contribution < -0.4 is 9.46 Å². The van der Waals surface area contributed by atoms with E-state index in [1.807, 2.05) is 12.1 Å². The lowest BCUT2D eigenvalue weighted by Crippen LogP contribution is -2.40. The summed E-state index contributed by atoms with van der Waals surface area (Å²) in [5, 5.41) is 0.469. The average Bonchev–Trinajstić information content (AvgIpc) is 3.20. The molecule has 2 aromatic rings. The number of nitrogens with one attached hydrogen (secondary N) is 1. The quantitative estimate of drug-likeness (QED) is 0.650. The molecule has 0 aromatic heterocycles. The highest BCUT2D eigenvalue weighted by Gasteiger charge is 2.61. The van der Waals surface area contributed by atoms with Gasteiger partial charge in [0.2, 0.25) is 10.0 Å². The molecule has 2 aromatic carbocycles. The van der Waals surface area contributed by atoms with Gasteiger partial charge >= 0.3 is 0 Å². The summed E-state index contributed by atoms with van der Waals surface area (Å²) >= 11 is 6.44. The zero-order chi connectivity index (χ0) is 21.6. The van der Waals surface area contributed by atoms with E-state index in [1.54, 1.807) is 36.4 Å². The van der Waals surface area contributed by atoms with Gasteiger partial charge in [-0.3, -0.25) is 0 Å². The zero-order valence-electron chi connectivity index (χ0n) is 17.5. The second-order valence-corrected chi connectivity index (χ2v) is 11.0. The topological polar surface area (TPSA) is 64.6 Å². The van der Waals surface area contributed by atoms with Crippen molar-refractivity contribution in [1.29, 1.82) is 0 Å². The Morgan fingerprint density at radius 3 is 2.57 bits per heavy atom. The Hall–Kier alpha value is -1.60. The second kappa shape index (κ2) is 7.83. The van der Waals surface area contributed by atoms with Crippen LogP contribution in [0.2, 0.25) is 5.02 Å². The zero-order valence-corrected chi connectivity index (χ0v) is 19.1. The lowest BCUT2D eigenvalue weighted by atomic mass is 9.75. The Labute approximate surface area is 183 Å². The molecular formula is C23H28ClNO4S. The predicted octanol–water partition coefficient (Wildman–Crippen LogP) is 4.93. The number of halogens is 1. The molecule has 30 heavy (non-hydrogen) atoms. The number of hydrogen-bond acceptors (Lipinski definition) is 4. The van der Waals surface area contributed by atoms with Gasteiger partial charge in [0.05, 0.1) is 10.5 Å². The Morgan fingerprint density at radius 1 is 1.17 bits per heavy atom. The maximum Gasteiger partial charge on any atom is 0.240 e. The van der Waals surface area contributed by atoms with Crippen LogP contribution in [0.25, 0.3) is 0 Å². The van der Waals surface area contributed by atoms with Gasteiger partial charge in [0.1, 0.15) is 17.5 Å². The molecule has 0 aliphatic carbocycles. The first-order valence-electron chi connectivity index (χ1n) is 10.3. The van der Waals surface area contributed by atoms with Gasteiger partial charge in [-0.25, -0.2) is 13.1 Å². The fourth-order valence-electron chi connectivity index (χ4n) is 4.56. The first-order chi connectivity index (χ1) is 14.2. The van der Waals surface area contributed by atoms with Crippen molar-refractivity contribution in [2.24, 2.45) is 5.92 Å². The van der Waals surface area contributed by atoms with Gasteiger partial charge in [-0.1, -0.05) is 49.7 Å². The van der Waals surface area contributed by atoms with Crippen molar-refractivity contribution in [1.82, 2.24) is 4.72 Å². The standard InChI is InChI=1S/C23H28ClNO4S/c1-16(2)23-13-12-22(3,29-23)21(14-23)28-20-11-7-10-19(24)18(20)15-25-30(26,27)17-8-5-4-6-9-17/h4-11,16,21,25H,12-15H2,1-3H3/t21-,22+,23-/m1/s1. The monoisotopic (exact) mass is 449 g/mol. The summed E-state index contributed by atoms with van der Waals surface area (Å²) in [5.41, 5.74) is 0.143. The van der Waals surface area contributed by atoms with Crippen LogP contribution in [0.15, 0.2) is 53.4 Å². The molecule has 2 fully saturated rings. The number of sulfonamides is 1. The van der Waals surface area contributed by atoms with Gasteiger partial charge in [0.25, 0.3) is 0 Å². The van der Waals surface area contributed by atoms with Crippen LogP contribution in [-0.2, 0) is 21.3 Å². The van der Waals surface area contributed by atoms with Crippen LogP contribution in [0.3, 0.4) is 0 Å². The third-order valence-electron chi connectivity index (χ3n) is 6.58. The molecule has 5 nitrogen and oxygen atoms in total. The van der Waals surface area contributed by atoms with E-state index in [-0.39, 0.29) is 28.7 Å². The Bertz CT molecular complexity index is 1030. The smallest absolute Gasteiger partial charge is 0.240 e. The van der Waals surface area contributed by atoms with E-state index < -0.39 is 10.0 Å². The van der Waals surface area contributed by atoms with Gasteiger partial charge in [-0.05, 0) is 49.9 Å². The summed E-state index contributed by atoms with van der Waals surface area (Å²) in [7, 11) is -3.65. The van der Waals surface area contributed by atoms with Gasteiger partial charge in [-0.2, -0.15) is 0 Å². The highest BCUT2D eigenvalue weighted by atomic mass is 35.5. The molecule has 2 aliphatic rings. The number of rotatable bonds is 7. The summed E-state index contributed by atoms with van der Waals surface area (Å²) in [6.45, 7) is 6.54. The van der Waals surface area contributed by atoms with E-state index in [0.29, 0.717) is 22.3 Å². The fraction of sp³-hybridized carbons (Fsp3) is 0.478. The van der Waals surface area contributed by atoms with Crippen molar-refractivity contribution >= 4 is 21.6 Å². The lowest BCUT2D eigenvalue weighted by Gasteiger charge is -2.32. The van der Waals surface area contributed by atoms with Crippen LogP contribution in [-0.4, -0.2) is 25.7 Å². The molecule has 2 bridgehead atoms. The number of hydrogen-bond donors (Lipinski definition) is 1. The second-order valence-electron chi connectivity index (χ2n) is 8.80. The molecule has 0 amide bonds. The normalized spacial score (nSPS) is 28.2. The molecule has 1 N–H and O–H groups in total. The van der Waals surface area contributed by atoms with Crippen molar-refractivity contribution < 1.29 is 17.9 Å². The van der Waals surface area contributed by atoms with E-state index in [9.17, 15) is 8.42 Å². The Balaban J connectivity index is 1.55. The molecule has 2 aliphatic heterocycles. The molecule has 7 heteroatoms. The molecular weight excluding hydrogens is 422 g/mol. The summed E-state index contributed by atoms with van der Waals surface area (Å²) in [5.74, 6) is 1.00. The van der Waals surface area contributed by atoms with Crippen LogP contribution in [0.1, 0.15) is 45.6 Å². The third-order valence-corrected chi connectivity index (χ3v) is 8.35. The molecule has 0 saturated carbocycles. The summed E-state index contributed by atoms with van der Waals surface area (Å²) < 4.78 is 40.8. The van der Waals surface area contributed by atoms with Crippen LogP contribution in [0.5, 0.6) is 5.75 Å². The van der Waals surface area contributed by atoms with Crippen molar-refractivity contribution in [2.75, 3.05) is 0 Å². The van der Waals surface area contributed by atoms with E-state index in [0.717, 1.165) is 19.3 Å². The summed E-state index contributed by atoms with van der Waals surface area (Å²) in [6.07, 6.45) is 2.71. The van der Waals surface area contributed by atoms with E-state index >= 15 is 0 Å². The molecule has 0 unspecified atom stereocenters. The fourth-order valence-corrected chi connectivity index (χ4v) is 5.81. The van der Waals surface area contributed by atoms with Crippen LogP contribution >= 0.6 is 11.6 Å². The maximum absolute atomic E-state index is 12.6. The van der Waals surface area contributed by atoms with E-state index in [1.165, 1.54) is 0 Å². The highest BCUT2D eigenvalue weighted by molar-refractivity contribution is 7.89. The maximum atomic E-state index is 12.6. The average molecular weight is 450 g/mol. The molecule has 4 rings (SSSR count). The minimum absolute atomic E-state index is 0.0475. The van der Waals surface area contributed by atoms with Crippen molar-refractivity contribution in [2.45, 2.75) is 68.8 Å². The number of ether oxygens (including phenoxy) is 2. The lowest BCUT2D eigenvalue weighted by molar-refractivity contribution is -0.0770. The van der Waals surface area contributed by atoms with Crippen molar-refractivity contribution in [3.8, 4) is 5.75 Å². The largest absolute Gasteiger partial charge is 0.487 e. The Kier molecular flexibility index (Phi) is 5.64. The molecule has 0 spiro atoms. The molecule has 2 saturated heterocycles. The first-order valence-corrected chi connectivity index (χ1v) is 12.2. The minimum atomic E-state index is -3.65. The van der Waals surface area contributed by atoms with Gasteiger partial charge in [-0.15, -0.1) is 0 Å². The number of benzene rings is 2. The first kappa shape index (κ1) is 21.6. The van der Waals surface area contributed by atoms with Crippen molar-refractivity contribution in [3.05, 3.63) is 59.1 Å². The van der Waals surface area contributed by atoms with Gasteiger partial charge in [0, 0.05) is 23.6 Å². The van der Waals surface area contributed by atoms with Crippen LogP contribution in [0.4, 0.5) is 0 Å². The molecule has 0 radical (unpaired) electrons. The molecule has 3 atom stereocenters. The van der Waals surface area contributed by atoms with Gasteiger partial charge in [0.15, 0.2) is 0 Å².